The third kappa shape index (κ3) is 2.48. The molecular formula is C29H29N2+. The van der Waals surface area contributed by atoms with Gasteiger partial charge in [0.15, 0.2) is 6.20 Å². The normalized spacial score (nSPS) is 13.4. The van der Waals surface area contributed by atoms with Crippen LogP contribution < -0.4 is 4.57 Å². The van der Waals surface area contributed by atoms with Gasteiger partial charge in [-0.3, -0.25) is 0 Å². The summed E-state index contributed by atoms with van der Waals surface area (Å²) in [5.74, 6) is 0. The van der Waals surface area contributed by atoms with Crippen LogP contribution in [0.4, 0.5) is 0 Å². The molecule has 0 atom stereocenters. The molecule has 3 aromatic carbocycles. The van der Waals surface area contributed by atoms with Crippen LogP contribution in [0.2, 0.25) is 0 Å². The van der Waals surface area contributed by atoms with E-state index in [9.17, 15) is 0 Å². The number of aromatic nitrogens is 2. The van der Waals surface area contributed by atoms with Crippen LogP contribution in [0.5, 0.6) is 0 Å². The molecule has 6 rings (SSSR count). The fourth-order valence-electron chi connectivity index (χ4n) is 5.57. The van der Waals surface area contributed by atoms with Crippen LogP contribution in [0, 0.1) is 19.3 Å². The SMILES string of the molecule is [2H]c1ccc2c3cc(C)c(C)c4c3n(c2c1)c1cc(CC(C)(C)C)cc2cc[n+](C)c4c21. The number of pyridine rings is 2. The zero-order valence-corrected chi connectivity index (χ0v) is 19.2. The summed E-state index contributed by atoms with van der Waals surface area (Å²) in [4.78, 5) is 0. The molecule has 0 aliphatic heterocycles. The molecule has 3 heterocycles. The van der Waals surface area contributed by atoms with Gasteiger partial charge in [0.1, 0.15) is 7.05 Å². The zero-order chi connectivity index (χ0) is 22.5. The lowest BCUT2D eigenvalue weighted by atomic mass is 9.87. The highest BCUT2D eigenvalue weighted by atomic mass is 15.0. The van der Waals surface area contributed by atoms with Gasteiger partial charge in [-0.05, 0) is 66.0 Å². The second-order valence-electron chi connectivity index (χ2n) is 10.5. The van der Waals surface area contributed by atoms with Crippen molar-refractivity contribution in [3.63, 3.8) is 0 Å². The van der Waals surface area contributed by atoms with E-state index in [0.717, 1.165) is 11.9 Å². The zero-order valence-electron chi connectivity index (χ0n) is 20.2. The molecule has 0 saturated carbocycles. The van der Waals surface area contributed by atoms with Crippen molar-refractivity contribution in [1.82, 2.24) is 4.40 Å². The molecule has 0 amide bonds. The van der Waals surface area contributed by atoms with E-state index in [2.05, 4.69) is 87.2 Å². The Balaban J connectivity index is 1.99. The molecule has 0 radical (unpaired) electrons. The molecule has 0 bridgehead atoms. The van der Waals surface area contributed by atoms with Gasteiger partial charge in [-0.15, -0.1) is 0 Å². The Bertz CT molecular complexity index is 1710. The number of fused-ring (bicyclic) bond motifs is 5. The summed E-state index contributed by atoms with van der Waals surface area (Å²) in [6.07, 6.45) is 3.23. The summed E-state index contributed by atoms with van der Waals surface area (Å²) < 4.78 is 13.1. The quantitative estimate of drug-likeness (QED) is 0.157. The summed E-state index contributed by atoms with van der Waals surface area (Å²) in [6.45, 7) is 11.4. The second kappa shape index (κ2) is 5.97. The first-order chi connectivity index (χ1) is 15.1. The van der Waals surface area contributed by atoms with Crippen LogP contribution in [-0.4, -0.2) is 4.40 Å². The highest BCUT2D eigenvalue weighted by Gasteiger charge is 2.25. The standard InChI is InChI=1S/C29H29N2/c1-17-13-22-21-9-7-8-10-23(21)31-24-15-19(16-29(3,4)5)14-20-11-12-30(6)28(26(20)24)25(18(17)2)27(22)31/h7-15H,16H2,1-6H3/q+1/i8D. The van der Waals surface area contributed by atoms with Crippen molar-refractivity contribution >= 4 is 49.0 Å². The number of hydrogen-bond donors (Lipinski definition) is 0. The molecule has 0 fully saturated rings. The molecule has 3 aromatic heterocycles. The van der Waals surface area contributed by atoms with E-state index in [4.69, 9.17) is 1.37 Å². The first-order valence-electron chi connectivity index (χ1n) is 11.6. The maximum atomic E-state index is 8.35. The summed E-state index contributed by atoms with van der Waals surface area (Å²) >= 11 is 0. The molecule has 0 aliphatic carbocycles. The van der Waals surface area contributed by atoms with Gasteiger partial charge in [0.2, 0.25) is 5.52 Å². The molecular weight excluding hydrogens is 376 g/mol. The molecule has 0 saturated heterocycles. The Morgan fingerprint density at radius 3 is 2.55 bits per heavy atom. The average molecular weight is 407 g/mol. The fourth-order valence-corrected chi connectivity index (χ4v) is 5.57. The van der Waals surface area contributed by atoms with E-state index in [-0.39, 0.29) is 5.41 Å². The van der Waals surface area contributed by atoms with Crippen molar-refractivity contribution in [3.05, 3.63) is 71.4 Å². The van der Waals surface area contributed by atoms with Gasteiger partial charge in [0, 0.05) is 16.8 Å². The van der Waals surface area contributed by atoms with Gasteiger partial charge in [-0.1, -0.05) is 45.0 Å². The van der Waals surface area contributed by atoms with Crippen molar-refractivity contribution in [2.45, 2.75) is 41.0 Å². The van der Waals surface area contributed by atoms with E-state index in [1.54, 1.807) is 0 Å². The highest BCUT2D eigenvalue weighted by Crippen LogP contribution is 2.42. The molecule has 0 N–H and O–H groups in total. The van der Waals surface area contributed by atoms with E-state index in [1.807, 2.05) is 12.1 Å². The van der Waals surface area contributed by atoms with Gasteiger partial charge < -0.3 is 4.40 Å². The monoisotopic (exact) mass is 406 g/mol. The summed E-state index contributed by atoms with van der Waals surface area (Å²) in [5.41, 5.74) is 9.17. The molecule has 2 nitrogen and oxygen atoms in total. The molecule has 154 valence electrons. The molecule has 6 aromatic rings. The lowest BCUT2D eigenvalue weighted by Gasteiger charge is -2.20. The van der Waals surface area contributed by atoms with Crippen LogP contribution in [0.15, 0.2) is 54.7 Å². The van der Waals surface area contributed by atoms with E-state index in [1.165, 1.54) is 60.2 Å². The predicted octanol–water partition coefficient (Wildman–Crippen LogP) is 7.02. The Hall–Kier alpha value is -3.13. The van der Waals surface area contributed by atoms with Gasteiger partial charge >= 0.3 is 0 Å². The average Bonchev–Trinajstić information content (AvgIpc) is 3.02. The predicted molar refractivity (Wildman–Crippen MR) is 132 cm³/mol. The minimum atomic E-state index is 0.214. The lowest BCUT2D eigenvalue weighted by molar-refractivity contribution is -0.643. The number of hydrogen-bond acceptors (Lipinski definition) is 0. The van der Waals surface area contributed by atoms with Crippen LogP contribution in [0.25, 0.3) is 49.0 Å². The summed E-state index contributed by atoms with van der Waals surface area (Å²) in [5, 5.41) is 6.43. The largest absolute Gasteiger partial charge is 0.307 e. The lowest BCUT2D eigenvalue weighted by Crippen LogP contribution is -2.29. The van der Waals surface area contributed by atoms with Crippen molar-refractivity contribution < 1.29 is 5.94 Å². The van der Waals surface area contributed by atoms with Crippen molar-refractivity contribution in [3.8, 4) is 0 Å². The van der Waals surface area contributed by atoms with Crippen LogP contribution in [-0.2, 0) is 13.5 Å². The highest BCUT2D eigenvalue weighted by molar-refractivity contribution is 6.26. The molecule has 0 unspecified atom stereocenters. The fraction of sp³-hybridized carbons (Fsp3) is 0.276. The Kier molecular flexibility index (Phi) is 3.38. The van der Waals surface area contributed by atoms with Crippen LogP contribution in [0.1, 0.15) is 38.8 Å². The number of rotatable bonds is 1. The topological polar surface area (TPSA) is 8.29 Å². The van der Waals surface area contributed by atoms with Gasteiger partial charge in [0.05, 0.1) is 28.7 Å². The van der Waals surface area contributed by atoms with Crippen LogP contribution in [0.3, 0.4) is 0 Å². The van der Waals surface area contributed by atoms with Crippen LogP contribution >= 0.6 is 0 Å². The van der Waals surface area contributed by atoms with Crippen molar-refractivity contribution in [1.29, 1.82) is 0 Å². The summed E-state index contributed by atoms with van der Waals surface area (Å²) in [6, 6.07) is 16.0. The third-order valence-corrected chi connectivity index (χ3v) is 6.90. The Morgan fingerprint density at radius 1 is 0.968 bits per heavy atom. The van der Waals surface area contributed by atoms with E-state index >= 15 is 0 Å². The third-order valence-electron chi connectivity index (χ3n) is 6.90. The van der Waals surface area contributed by atoms with E-state index < -0.39 is 0 Å². The first-order valence-corrected chi connectivity index (χ1v) is 11.1. The smallest absolute Gasteiger partial charge is 0.224 e. The minimum Gasteiger partial charge on any atom is -0.307 e. The Morgan fingerprint density at radius 2 is 1.77 bits per heavy atom. The van der Waals surface area contributed by atoms with Crippen molar-refractivity contribution in [2.24, 2.45) is 12.5 Å². The summed E-state index contributed by atoms with van der Waals surface area (Å²) in [7, 11) is 2.16. The number of para-hydroxylation sites is 1. The Labute approximate surface area is 184 Å². The number of aryl methyl sites for hydroxylation is 3. The molecule has 31 heavy (non-hydrogen) atoms. The maximum Gasteiger partial charge on any atom is 0.224 e. The second-order valence-corrected chi connectivity index (χ2v) is 10.5. The molecule has 0 spiro atoms. The minimum absolute atomic E-state index is 0.214. The van der Waals surface area contributed by atoms with E-state index in [0.29, 0.717) is 6.04 Å². The number of benzene rings is 3. The van der Waals surface area contributed by atoms with Gasteiger partial charge in [0.25, 0.3) is 0 Å². The van der Waals surface area contributed by atoms with Crippen molar-refractivity contribution in [2.75, 3.05) is 0 Å². The molecule has 0 aliphatic rings. The first kappa shape index (κ1) is 17.5. The van der Waals surface area contributed by atoms with Gasteiger partial charge in [-0.2, -0.15) is 0 Å². The number of nitrogens with zero attached hydrogens (tertiary/aromatic N) is 2. The molecule has 2 heteroatoms. The maximum absolute atomic E-state index is 8.35. The van der Waals surface area contributed by atoms with Gasteiger partial charge in [-0.25, -0.2) is 4.57 Å².